The molecule has 2 fully saturated rings. The molecule has 0 bridgehead atoms. The number of rotatable bonds is 6. The van der Waals surface area contributed by atoms with Gasteiger partial charge in [-0.1, -0.05) is 25.0 Å². The lowest BCUT2D eigenvalue weighted by atomic mass is 9.85. The molecule has 0 saturated heterocycles. The van der Waals surface area contributed by atoms with Gasteiger partial charge in [0.25, 0.3) is 0 Å². The van der Waals surface area contributed by atoms with Gasteiger partial charge in [-0.05, 0) is 69.2 Å². The maximum Gasteiger partial charge on any atom is 0.242 e. The Morgan fingerprint density at radius 1 is 1.03 bits per heavy atom. The van der Waals surface area contributed by atoms with Crippen molar-refractivity contribution in [3.05, 3.63) is 47.9 Å². The van der Waals surface area contributed by atoms with Crippen molar-refractivity contribution in [3.63, 3.8) is 0 Å². The van der Waals surface area contributed by atoms with Crippen LogP contribution in [0, 0.1) is 11.7 Å². The minimum absolute atomic E-state index is 0.0494. The summed E-state index contributed by atoms with van der Waals surface area (Å²) in [5.41, 5.74) is 1.57. The maximum atomic E-state index is 13.2. The van der Waals surface area contributed by atoms with Gasteiger partial charge in [-0.15, -0.1) is 0 Å². The van der Waals surface area contributed by atoms with Crippen LogP contribution in [0.5, 0.6) is 0 Å². The van der Waals surface area contributed by atoms with Crippen molar-refractivity contribution in [2.45, 2.75) is 87.4 Å². The average molecular weight is 516 g/mol. The molecule has 0 spiro atoms. The van der Waals surface area contributed by atoms with Crippen LogP contribution in [-0.2, 0) is 14.8 Å². The van der Waals surface area contributed by atoms with E-state index in [-0.39, 0.29) is 34.6 Å². The summed E-state index contributed by atoms with van der Waals surface area (Å²) in [6, 6.07) is 7.95. The lowest BCUT2D eigenvalue weighted by molar-refractivity contribution is -0.126. The molecule has 8 nitrogen and oxygen atoms in total. The predicted molar refractivity (Wildman–Crippen MR) is 137 cm³/mol. The maximum absolute atomic E-state index is 13.2. The molecular weight excluding hydrogens is 481 g/mol. The summed E-state index contributed by atoms with van der Waals surface area (Å²) in [5, 5.41) is 9.94. The van der Waals surface area contributed by atoms with Gasteiger partial charge in [-0.3, -0.25) is 4.79 Å². The van der Waals surface area contributed by atoms with Gasteiger partial charge in [0.1, 0.15) is 16.5 Å². The zero-order valence-electron chi connectivity index (χ0n) is 20.5. The summed E-state index contributed by atoms with van der Waals surface area (Å²) in [4.78, 5) is 17.3. The standard InChI is InChI=1S/C26H34FN5O3S/c1-16(17-6-10-19(27)11-7-17)29-26(33)18-8-12-20(13-9-18)32-36(34,35)21-14-24-25(28-15-21)31-23-5-3-2-4-22(23)30-24/h6-7,10-11,14-16,18,20,22-23,30,32H,2-5,8-9,12-13H2,1H3,(H,28,31)(H,29,33)/t16-,18?,20?,22+,23+/m1/s1. The summed E-state index contributed by atoms with van der Waals surface area (Å²) in [7, 11) is -3.73. The van der Waals surface area contributed by atoms with Gasteiger partial charge in [0.15, 0.2) is 0 Å². The molecule has 1 aromatic carbocycles. The number of carbonyl (C=O) groups is 1. The molecule has 0 radical (unpaired) electrons. The summed E-state index contributed by atoms with van der Waals surface area (Å²) in [5.74, 6) is 0.179. The number of hydrogen-bond acceptors (Lipinski definition) is 6. The second kappa shape index (κ2) is 10.3. The third-order valence-electron chi connectivity index (χ3n) is 7.75. The number of nitrogens with zero attached hydrogens (tertiary/aromatic N) is 1. The Kier molecular flexibility index (Phi) is 7.16. The second-order valence-corrected chi connectivity index (χ2v) is 12.0. The fraction of sp³-hybridized carbons (Fsp3) is 0.538. The Bertz CT molecular complexity index is 1200. The first-order chi connectivity index (χ1) is 17.3. The van der Waals surface area contributed by atoms with E-state index in [2.05, 4.69) is 25.7 Å². The van der Waals surface area contributed by atoms with E-state index in [1.807, 2.05) is 6.92 Å². The van der Waals surface area contributed by atoms with Crippen LogP contribution in [0.25, 0.3) is 0 Å². The third kappa shape index (κ3) is 5.49. The fourth-order valence-corrected chi connectivity index (χ4v) is 6.87. The van der Waals surface area contributed by atoms with Gasteiger partial charge >= 0.3 is 0 Å². The molecule has 194 valence electrons. The zero-order valence-corrected chi connectivity index (χ0v) is 21.3. The Hall–Kier alpha value is -2.72. The van der Waals surface area contributed by atoms with Crippen LogP contribution in [0.4, 0.5) is 15.9 Å². The molecule has 2 aliphatic carbocycles. The Morgan fingerprint density at radius 3 is 2.39 bits per heavy atom. The number of amides is 1. The highest BCUT2D eigenvalue weighted by Crippen LogP contribution is 2.34. The quantitative estimate of drug-likeness (QED) is 0.461. The van der Waals surface area contributed by atoms with Crippen molar-refractivity contribution in [2.75, 3.05) is 10.6 Å². The van der Waals surface area contributed by atoms with Crippen molar-refractivity contribution < 1.29 is 17.6 Å². The number of benzene rings is 1. The lowest BCUT2D eigenvalue weighted by Gasteiger charge is -2.38. The molecule has 2 saturated carbocycles. The largest absolute Gasteiger partial charge is 0.377 e. The van der Waals surface area contributed by atoms with Crippen molar-refractivity contribution in [2.24, 2.45) is 5.92 Å². The van der Waals surface area contributed by atoms with Crippen molar-refractivity contribution >= 4 is 27.4 Å². The van der Waals surface area contributed by atoms with E-state index in [1.165, 1.54) is 31.2 Å². The molecule has 2 heterocycles. The number of hydrogen-bond donors (Lipinski definition) is 4. The van der Waals surface area contributed by atoms with Crippen molar-refractivity contribution in [1.29, 1.82) is 0 Å². The van der Waals surface area contributed by atoms with Gasteiger partial charge in [0, 0.05) is 30.2 Å². The van der Waals surface area contributed by atoms with Crippen LogP contribution in [0.3, 0.4) is 0 Å². The summed E-state index contributed by atoms with van der Waals surface area (Å²) in [6.45, 7) is 1.87. The number of anilines is 2. The van der Waals surface area contributed by atoms with E-state index in [1.54, 1.807) is 18.2 Å². The van der Waals surface area contributed by atoms with Crippen LogP contribution in [-0.4, -0.2) is 37.4 Å². The topological polar surface area (TPSA) is 112 Å². The zero-order chi connectivity index (χ0) is 25.3. The normalized spacial score (nSPS) is 26.5. The van der Waals surface area contributed by atoms with E-state index in [0.29, 0.717) is 43.6 Å². The highest BCUT2D eigenvalue weighted by molar-refractivity contribution is 7.89. The first kappa shape index (κ1) is 25.0. The molecule has 5 rings (SSSR count). The van der Waals surface area contributed by atoms with Crippen LogP contribution >= 0.6 is 0 Å². The van der Waals surface area contributed by atoms with Crippen LogP contribution in [0.15, 0.2) is 41.4 Å². The first-order valence-corrected chi connectivity index (χ1v) is 14.4. The SMILES string of the molecule is C[C@@H](NC(=O)C1CCC(NS(=O)(=O)c2cnc3c(c2)N[C@H]2CCCC[C@@H]2N3)CC1)c1ccc(F)cc1. The van der Waals surface area contributed by atoms with Gasteiger partial charge in [-0.2, -0.15) is 0 Å². The molecule has 2 aromatic rings. The second-order valence-electron chi connectivity index (χ2n) is 10.3. The molecular formula is C26H34FN5O3S. The average Bonchev–Trinajstić information content (AvgIpc) is 2.87. The van der Waals surface area contributed by atoms with Gasteiger partial charge in [-0.25, -0.2) is 22.5 Å². The lowest BCUT2D eigenvalue weighted by Crippen LogP contribution is -2.45. The molecule has 3 atom stereocenters. The number of nitrogens with one attached hydrogen (secondary N) is 4. The number of sulfonamides is 1. The van der Waals surface area contributed by atoms with Crippen LogP contribution in [0.2, 0.25) is 0 Å². The highest BCUT2D eigenvalue weighted by atomic mass is 32.2. The molecule has 3 aliphatic rings. The van der Waals surface area contributed by atoms with E-state index in [0.717, 1.165) is 24.1 Å². The van der Waals surface area contributed by atoms with E-state index in [4.69, 9.17) is 0 Å². The Morgan fingerprint density at radius 2 is 1.69 bits per heavy atom. The van der Waals surface area contributed by atoms with Crippen molar-refractivity contribution in [3.8, 4) is 0 Å². The molecule has 1 aliphatic heterocycles. The van der Waals surface area contributed by atoms with E-state index in [9.17, 15) is 17.6 Å². The summed E-state index contributed by atoms with van der Waals surface area (Å²) < 4.78 is 42.2. The Labute approximate surface area is 211 Å². The van der Waals surface area contributed by atoms with E-state index < -0.39 is 10.0 Å². The predicted octanol–water partition coefficient (Wildman–Crippen LogP) is 4.08. The molecule has 1 aromatic heterocycles. The van der Waals surface area contributed by atoms with Gasteiger partial charge in [0.05, 0.1) is 11.7 Å². The minimum Gasteiger partial charge on any atom is -0.377 e. The Balaban J connectivity index is 1.15. The number of halogens is 1. The smallest absolute Gasteiger partial charge is 0.242 e. The monoisotopic (exact) mass is 515 g/mol. The molecule has 36 heavy (non-hydrogen) atoms. The fourth-order valence-electron chi connectivity index (χ4n) is 5.60. The number of aromatic nitrogens is 1. The highest BCUT2D eigenvalue weighted by Gasteiger charge is 2.33. The molecule has 4 N–H and O–H groups in total. The van der Waals surface area contributed by atoms with Gasteiger partial charge in [0.2, 0.25) is 15.9 Å². The molecule has 1 amide bonds. The molecule has 10 heteroatoms. The number of fused-ring (bicyclic) bond motifs is 2. The minimum atomic E-state index is -3.73. The molecule has 0 unspecified atom stereocenters. The summed E-state index contributed by atoms with van der Waals surface area (Å²) in [6.07, 6.45) is 8.31. The van der Waals surface area contributed by atoms with Crippen LogP contribution in [0.1, 0.15) is 69.9 Å². The van der Waals surface area contributed by atoms with E-state index >= 15 is 0 Å². The number of carbonyl (C=O) groups excluding carboxylic acids is 1. The van der Waals surface area contributed by atoms with Crippen LogP contribution < -0.4 is 20.7 Å². The number of pyridine rings is 1. The summed E-state index contributed by atoms with van der Waals surface area (Å²) >= 11 is 0. The van der Waals surface area contributed by atoms with Gasteiger partial charge < -0.3 is 16.0 Å². The first-order valence-electron chi connectivity index (χ1n) is 12.9. The van der Waals surface area contributed by atoms with Crippen molar-refractivity contribution in [1.82, 2.24) is 15.0 Å². The third-order valence-corrected chi connectivity index (χ3v) is 9.24.